The van der Waals surface area contributed by atoms with Gasteiger partial charge < -0.3 is 19.1 Å². The van der Waals surface area contributed by atoms with Crippen LogP contribution >= 0.6 is 22.6 Å². The van der Waals surface area contributed by atoms with Crippen molar-refractivity contribution in [2.45, 2.75) is 43.7 Å². The molecule has 5 nitrogen and oxygen atoms in total. The summed E-state index contributed by atoms with van der Waals surface area (Å²) >= 11 is 2.29. The summed E-state index contributed by atoms with van der Waals surface area (Å²) in [5.41, 5.74) is 1.11. The van der Waals surface area contributed by atoms with Crippen molar-refractivity contribution in [2.75, 3.05) is 13.2 Å². The van der Waals surface area contributed by atoms with E-state index in [1.54, 1.807) is 6.20 Å². The Morgan fingerprint density at radius 2 is 2.22 bits per heavy atom. The molecule has 2 unspecified atom stereocenters. The Morgan fingerprint density at radius 1 is 1.44 bits per heavy atom. The van der Waals surface area contributed by atoms with Crippen LogP contribution in [0.15, 0.2) is 42.7 Å². The number of hydrogen-bond acceptors (Lipinski definition) is 4. The molecular formula is C20H27IN2O3Si. The predicted molar refractivity (Wildman–Crippen MR) is 119 cm³/mol. The zero-order valence-corrected chi connectivity index (χ0v) is 20.0. The maximum absolute atomic E-state index is 9.98. The lowest BCUT2D eigenvalue weighted by atomic mass is 10.1. The van der Waals surface area contributed by atoms with E-state index in [9.17, 15) is 5.11 Å². The van der Waals surface area contributed by atoms with Gasteiger partial charge in [0.25, 0.3) is 0 Å². The van der Waals surface area contributed by atoms with E-state index in [-0.39, 0.29) is 18.9 Å². The Kier molecular flexibility index (Phi) is 7.27. The molecule has 27 heavy (non-hydrogen) atoms. The van der Waals surface area contributed by atoms with E-state index < -0.39 is 5.22 Å². The summed E-state index contributed by atoms with van der Waals surface area (Å²) in [4.78, 5) is 4.56. The van der Waals surface area contributed by atoms with E-state index in [0.717, 1.165) is 47.5 Å². The first-order chi connectivity index (χ1) is 13.0. The molecule has 0 aliphatic carbocycles. The van der Waals surface area contributed by atoms with Crippen molar-refractivity contribution in [1.82, 2.24) is 9.55 Å². The summed E-state index contributed by atoms with van der Waals surface area (Å²) in [7, 11) is 0.768. The van der Waals surface area contributed by atoms with Crippen LogP contribution in [0.5, 0.6) is 0 Å². The van der Waals surface area contributed by atoms with Crippen molar-refractivity contribution in [1.29, 1.82) is 0 Å². The molecule has 0 bridgehead atoms. The van der Waals surface area contributed by atoms with Gasteiger partial charge in [-0.25, -0.2) is 4.98 Å². The monoisotopic (exact) mass is 498 g/mol. The molecule has 7 heteroatoms. The lowest BCUT2D eigenvalue weighted by Crippen LogP contribution is -2.37. The van der Waals surface area contributed by atoms with Crippen LogP contribution in [0.3, 0.4) is 0 Å². The molecule has 1 N–H and O–H groups in total. The number of aliphatic hydroxyl groups is 1. The highest BCUT2D eigenvalue weighted by molar-refractivity contribution is 14.1. The molecule has 1 saturated heterocycles. The number of aromatic nitrogens is 2. The Labute approximate surface area is 177 Å². The molecule has 0 spiro atoms. The van der Waals surface area contributed by atoms with Crippen LogP contribution in [0.2, 0.25) is 0 Å². The van der Waals surface area contributed by atoms with Crippen LogP contribution in [-0.4, -0.2) is 44.4 Å². The molecule has 1 aromatic heterocycles. The third-order valence-corrected chi connectivity index (χ3v) is 6.10. The van der Waals surface area contributed by atoms with Crippen LogP contribution < -0.4 is 0 Å². The van der Waals surface area contributed by atoms with Crippen molar-refractivity contribution in [3.8, 4) is 0 Å². The number of halogens is 1. The van der Waals surface area contributed by atoms with Gasteiger partial charge >= 0.3 is 0 Å². The smallest absolute Gasteiger partial charge is 0.158 e. The molecular weight excluding hydrogens is 471 g/mol. The first-order valence-electron chi connectivity index (χ1n) is 9.37. The van der Waals surface area contributed by atoms with Crippen LogP contribution in [-0.2, 0) is 14.7 Å². The molecule has 0 saturated carbocycles. The van der Waals surface area contributed by atoms with E-state index in [2.05, 4.69) is 58.8 Å². The van der Waals surface area contributed by atoms with Crippen LogP contribution in [0.25, 0.3) is 6.08 Å². The first-order valence-corrected chi connectivity index (χ1v) is 11.4. The van der Waals surface area contributed by atoms with Crippen molar-refractivity contribution in [3.63, 3.8) is 0 Å². The number of hydrogen-bond donors (Lipinski definition) is 1. The average Bonchev–Trinajstić information content (AvgIpc) is 3.15. The number of benzene rings is 1. The summed E-state index contributed by atoms with van der Waals surface area (Å²) in [6.07, 6.45) is 10.7. The van der Waals surface area contributed by atoms with Gasteiger partial charge in [0.2, 0.25) is 0 Å². The Hall–Kier alpha value is -1.00. The second-order valence-corrected chi connectivity index (χ2v) is 10.4. The Bertz CT molecular complexity index is 755. The molecule has 1 aliphatic heterocycles. The van der Waals surface area contributed by atoms with Gasteiger partial charge in [-0.05, 0) is 66.5 Å². The fourth-order valence-corrected chi connectivity index (χ4v) is 4.28. The summed E-state index contributed by atoms with van der Waals surface area (Å²) < 4.78 is 15.3. The number of nitrogens with zero attached hydrogens (tertiary/aromatic N) is 2. The minimum absolute atomic E-state index is 0.00178. The summed E-state index contributed by atoms with van der Waals surface area (Å²) in [6, 6.07) is 8.10. The van der Waals surface area contributed by atoms with Gasteiger partial charge in [0.15, 0.2) is 6.29 Å². The normalized spacial score (nSPS) is 21.4. The number of imidazole rings is 1. The summed E-state index contributed by atoms with van der Waals surface area (Å²) in [5, 5.41) is 9.50. The van der Waals surface area contributed by atoms with Crippen molar-refractivity contribution in [3.05, 3.63) is 57.7 Å². The molecule has 2 heterocycles. The van der Waals surface area contributed by atoms with E-state index in [1.807, 2.05) is 22.9 Å². The van der Waals surface area contributed by atoms with Crippen LogP contribution in [0.4, 0.5) is 0 Å². The molecule has 3 rings (SSSR count). The maximum Gasteiger partial charge on any atom is 0.158 e. The second-order valence-electron chi connectivity index (χ2n) is 7.24. The Morgan fingerprint density at radius 3 is 2.89 bits per heavy atom. The molecule has 1 fully saturated rings. The maximum atomic E-state index is 9.98. The van der Waals surface area contributed by atoms with Crippen molar-refractivity contribution < 1.29 is 14.6 Å². The van der Waals surface area contributed by atoms with Gasteiger partial charge in [-0.2, -0.15) is 0 Å². The van der Waals surface area contributed by atoms with E-state index in [0.29, 0.717) is 0 Å². The van der Waals surface area contributed by atoms with Crippen LogP contribution in [0.1, 0.15) is 43.6 Å². The number of aliphatic hydroxyl groups excluding tert-OH is 1. The fourth-order valence-electron chi connectivity index (χ4n) is 3.27. The van der Waals surface area contributed by atoms with Crippen molar-refractivity contribution in [2.24, 2.45) is 0 Å². The van der Waals surface area contributed by atoms with E-state index >= 15 is 0 Å². The lowest BCUT2D eigenvalue weighted by molar-refractivity contribution is -0.202. The van der Waals surface area contributed by atoms with Crippen LogP contribution in [0, 0.1) is 3.57 Å². The second kappa shape index (κ2) is 9.47. The van der Waals surface area contributed by atoms with Gasteiger partial charge in [0.1, 0.15) is 11.0 Å². The van der Waals surface area contributed by atoms with Gasteiger partial charge in [-0.3, -0.25) is 0 Å². The molecule has 3 atom stereocenters. The Balaban J connectivity index is 1.77. The molecule has 1 aromatic carbocycles. The standard InChI is InChI=1S/C20H27IN2O3Si/c1-20(27,26-18-4-2-3-13-25-18)19-22-11-12-23(19)17(14-24)10-7-15-5-8-16(21)9-6-15/h5-12,17-18,24H,2-4,13-14H2,1,27H3/b10-7+/t17-,18?,20?/m0/s1. The minimum Gasteiger partial charge on any atom is -0.394 e. The summed E-state index contributed by atoms with van der Waals surface area (Å²) in [5.74, 6) is 0.842. The molecule has 1 aliphatic rings. The first kappa shape index (κ1) is 20.7. The van der Waals surface area contributed by atoms with Gasteiger partial charge in [-0.15, -0.1) is 0 Å². The van der Waals surface area contributed by atoms with E-state index in [1.165, 1.54) is 3.57 Å². The molecule has 0 radical (unpaired) electrons. The van der Waals surface area contributed by atoms with Crippen molar-refractivity contribution >= 4 is 38.9 Å². The number of ether oxygens (including phenoxy) is 2. The van der Waals surface area contributed by atoms with Gasteiger partial charge in [0, 0.05) is 22.6 Å². The predicted octanol–water partition coefficient (Wildman–Crippen LogP) is 2.82. The average molecular weight is 498 g/mol. The third kappa shape index (κ3) is 5.51. The minimum atomic E-state index is -0.477. The zero-order valence-electron chi connectivity index (χ0n) is 15.8. The SMILES string of the molecule is CC([SiH3])(OC1CCCCO1)c1nccn1[C@@H](/C=C/c1ccc(I)cc1)CO. The van der Waals surface area contributed by atoms with Gasteiger partial charge in [-0.1, -0.05) is 24.3 Å². The zero-order chi connectivity index (χ0) is 19.3. The lowest BCUT2D eigenvalue weighted by Gasteiger charge is -2.33. The molecule has 0 amide bonds. The largest absolute Gasteiger partial charge is 0.394 e. The summed E-state index contributed by atoms with van der Waals surface area (Å²) in [6.45, 7) is 2.82. The molecule has 2 aromatic rings. The third-order valence-electron chi connectivity index (χ3n) is 4.70. The highest BCUT2D eigenvalue weighted by atomic mass is 127. The quantitative estimate of drug-likeness (QED) is 0.472. The fraction of sp³-hybridized carbons (Fsp3) is 0.450. The highest BCUT2D eigenvalue weighted by Crippen LogP contribution is 2.28. The topological polar surface area (TPSA) is 56.5 Å². The van der Waals surface area contributed by atoms with Gasteiger partial charge in [0.05, 0.1) is 22.9 Å². The molecule has 146 valence electrons. The highest BCUT2D eigenvalue weighted by Gasteiger charge is 2.32. The number of rotatable bonds is 7. The van der Waals surface area contributed by atoms with E-state index in [4.69, 9.17) is 9.47 Å².